The second-order valence-electron chi connectivity index (χ2n) is 6.22. The van der Waals surface area contributed by atoms with Gasteiger partial charge >= 0.3 is 12.1 Å². The van der Waals surface area contributed by atoms with Gasteiger partial charge in [-0.15, -0.1) is 0 Å². The monoisotopic (exact) mass is 435 g/mol. The molecule has 0 aromatic heterocycles. The zero-order chi connectivity index (χ0) is 20.8. The van der Waals surface area contributed by atoms with Crippen molar-refractivity contribution in [1.82, 2.24) is 15.5 Å². The fraction of sp³-hybridized carbons (Fsp3) is 0.211. The van der Waals surface area contributed by atoms with Crippen molar-refractivity contribution in [2.24, 2.45) is 0 Å². The van der Waals surface area contributed by atoms with Crippen LogP contribution in [-0.2, 0) is 0 Å². The van der Waals surface area contributed by atoms with Gasteiger partial charge in [0.05, 0.1) is 22.0 Å². The van der Waals surface area contributed by atoms with Crippen molar-refractivity contribution in [3.63, 3.8) is 0 Å². The average molecular weight is 436 g/mol. The average Bonchev–Trinajstić information content (AvgIpc) is 3.09. The number of benzene rings is 2. The van der Waals surface area contributed by atoms with Crippen LogP contribution in [0.1, 0.15) is 10.4 Å². The van der Waals surface area contributed by atoms with Crippen LogP contribution in [0.4, 0.5) is 21.0 Å². The molecule has 8 nitrogen and oxygen atoms in total. The Morgan fingerprint density at radius 2 is 1.83 bits per heavy atom. The van der Waals surface area contributed by atoms with Crippen LogP contribution in [0.25, 0.3) is 0 Å². The first-order chi connectivity index (χ1) is 13.9. The van der Waals surface area contributed by atoms with E-state index in [1.54, 1.807) is 41.3 Å². The number of anilines is 2. The standard InChI is InChI=1S/C19H19Cl2N5O3/c20-12-5-6-16(14(21)11-12)25-18(28)24-15-4-2-1-3-13(15)17(27)22-7-9-26-10-8-23-19(26)29/h1-6,11H,7-10H2,(H,22,27)(H,23,29)(H2,24,25,28). The van der Waals surface area contributed by atoms with Crippen molar-refractivity contribution < 1.29 is 14.4 Å². The van der Waals surface area contributed by atoms with Crippen LogP contribution < -0.4 is 21.3 Å². The van der Waals surface area contributed by atoms with E-state index in [-0.39, 0.29) is 11.9 Å². The van der Waals surface area contributed by atoms with Gasteiger partial charge in [-0.05, 0) is 30.3 Å². The van der Waals surface area contributed by atoms with Gasteiger partial charge in [0.1, 0.15) is 0 Å². The largest absolute Gasteiger partial charge is 0.350 e. The molecular weight excluding hydrogens is 417 g/mol. The number of amides is 5. The highest BCUT2D eigenvalue weighted by Gasteiger charge is 2.19. The maximum atomic E-state index is 12.5. The summed E-state index contributed by atoms with van der Waals surface area (Å²) in [5.74, 6) is -0.356. The van der Waals surface area contributed by atoms with Gasteiger partial charge in [-0.3, -0.25) is 4.79 Å². The summed E-state index contributed by atoms with van der Waals surface area (Å²) in [5.41, 5.74) is 1.03. The lowest BCUT2D eigenvalue weighted by molar-refractivity contribution is 0.0951. The third-order valence-corrected chi connectivity index (χ3v) is 4.76. The SMILES string of the molecule is O=C(Nc1ccc(Cl)cc1Cl)Nc1ccccc1C(=O)NCCN1CCNC1=O. The van der Waals surface area contributed by atoms with Crippen LogP contribution in [0.15, 0.2) is 42.5 Å². The fourth-order valence-corrected chi connectivity index (χ4v) is 3.24. The van der Waals surface area contributed by atoms with Gasteiger partial charge in [-0.25, -0.2) is 9.59 Å². The van der Waals surface area contributed by atoms with E-state index in [2.05, 4.69) is 21.3 Å². The third kappa shape index (κ3) is 5.52. The van der Waals surface area contributed by atoms with Crippen LogP contribution >= 0.6 is 23.2 Å². The molecule has 0 aliphatic carbocycles. The zero-order valence-electron chi connectivity index (χ0n) is 15.3. The van der Waals surface area contributed by atoms with Crippen LogP contribution in [0.3, 0.4) is 0 Å². The van der Waals surface area contributed by atoms with Crippen LogP contribution in [0.5, 0.6) is 0 Å². The van der Waals surface area contributed by atoms with Gasteiger partial charge in [-0.1, -0.05) is 35.3 Å². The molecule has 5 amide bonds. The molecular formula is C19H19Cl2N5O3. The number of hydrogen-bond donors (Lipinski definition) is 4. The van der Waals surface area contributed by atoms with Crippen molar-refractivity contribution in [2.45, 2.75) is 0 Å². The van der Waals surface area contributed by atoms with E-state index in [9.17, 15) is 14.4 Å². The third-order valence-electron chi connectivity index (χ3n) is 4.21. The van der Waals surface area contributed by atoms with Gasteiger partial charge in [0.25, 0.3) is 5.91 Å². The molecule has 0 spiro atoms. The lowest BCUT2D eigenvalue weighted by atomic mass is 10.1. The summed E-state index contributed by atoms with van der Waals surface area (Å²) in [4.78, 5) is 38.0. The van der Waals surface area contributed by atoms with Crippen molar-refractivity contribution in [2.75, 3.05) is 36.8 Å². The summed E-state index contributed by atoms with van der Waals surface area (Å²) in [5, 5.41) is 11.5. The first-order valence-electron chi connectivity index (χ1n) is 8.87. The number of nitrogens with one attached hydrogen (secondary N) is 4. The summed E-state index contributed by atoms with van der Waals surface area (Å²) in [6.07, 6.45) is 0. The summed E-state index contributed by atoms with van der Waals surface area (Å²) in [6.45, 7) is 1.92. The molecule has 3 rings (SSSR count). The van der Waals surface area contributed by atoms with Crippen LogP contribution in [0, 0.1) is 0 Å². The quantitative estimate of drug-likeness (QED) is 0.558. The minimum absolute atomic E-state index is 0.140. The van der Waals surface area contributed by atoms with Gasteiger partial charge in [-0.2, -0.15) is 0 Å². The van der Waals surface area contributed by atoms with E-state index in [0.29, 0.717) is 53.2 Å². The van der Waals surface area contributed by atoms with Crippen molar-refractivity contribution in [3.8, 4) is 0 Å². The molecule has 0 unspecified atom stereocenters. The topological polar surface area (TPSA) is 103 Å². The second-order valence-corrected chi connectivity index (χ2v) is 7.07. The number of rotatable bonds is 6. The van der Waals surface area contributed by atoms with E-state index in [1.807, 2.05) is 0 Å². The Morgan fingerprint density at radius 3 is 2.55 bits per heavy atom. The summed E-state index contributed by atoms with van der Waals surface area (Å²) in [7, 11) is 0. The molecule has 1 fully saturated rings. The maximum Gasteiger partial charge on any atom is 0.323 e. The Kier molecular flexibility index (Phi) is 6.79. The number of carbonyl (C=O) groups excluding carboxylic acids is 3. The Bertz CT molecular complexity index is 938. The second kappa shape index (κ2) is 9.49. The Labute approximate surface area is 177 Å². The number of urea groups is 2. The van der Waals surface area contributed by atoms with Crippen molar-refractivity contribution in [3.05, 3.63) is 58.1 Å². The molecule has 2 aromatic rings. The Morgan fingerprint density at radius 1 is 1.07 bits per heavy atom. The molecule has 0 atom stereocenters. The first-order valence-corrected chi connectivity index (χ1v) is 9.62. The lowest BCUT2D eigenvalue weighted by Gasteiger charge is -2.15. The number of halogens is 2. The molecule has 152 valence electrons. The molecule has 29 heavy (non-hydrogen) atoms. The predicted octanol–water partition coefficient (Wildman–Crippen LogP) is 3.39. The predicted molar refractivity (Wildman–Crippen MR) is 113 cm³/mol. The maximum absolute atomic E-state index is 12.5. The van der Waals surface area contributed by atoms with E-state index in [4.69, 9.17) is 23.2 Å². The summed E-state index contributed by atoms with van der Waals surface area (Å²) in [6, 6.07) is 10.6. The van der Waals surface area contributed by atoms with E-state index in [0.717, 1.165) is 0 Å². The minimum atomic E-state index is -0.553. The van der Waals surface area contributed by atoms with Gasteiger partial charge in [0.2, 0.25) is 0 Å². The molecule has 1 aliphatic rings. The van der Waals surface area contributed by atoms with Gasteiger partial charge in [0, 0.05) is 31.2 Å². The smallest absolute Gasteiger partial charge is 0.323 e. The van der Waals surface area contributed by atoms with Crippen molar-refractivity contribution in [1.29, 1.82) is 0 Å². The summed E-state index contributed by atoms with van der Waals surface area (Å²) >= 11 is 11.9. The molecule has 0 radical (unpaired) electrons. The zero-order valence-corrected chi connectivity index (χ0v) is 16.8. The van der Waals surface area contributed by atoms with Crippen LogP contribution in [0.2, 0.25) is 10.0 Å². The van der Waals surface area contributed by atoms with E-state index >= 15 is 0 Å². The molecule has 2 aromatic carbocycles. The molecule has 1 aliphatic heterocycles. The van der Waals surface area contributed by atoms with Gasteiger partial charge < -0.3 is 26.2 Å². The normalized spacial score (nSPS) is 13.0. The summed E-state index contributed by atoms with van der Waals surface area (Å²) < 4.78 is 0. The Balaban J connectivity index is 1.59. The molecule has 10 heteroatoms. The van der Waals surface area contributed by atoms with E-state index < -0.39 is 6.03 Å². The van der Waals surface area contributed by atoms with Gasteiger partial charge in [0.15, 0.2) is 0 Å². The molecule has 0 saturated carbocycles. The molecule has 1 saturated heterocycles. The number of carbonyl (C=O) groups is 3. The van der Waals surface area contributed by atoms with Crippen LogP contribution in [-0.4, -0.2) is 49.0 Å². The number of hydrogen-bond acceptors (Lipinski definition) is 3. The number of nitrogens with zero attached hydrogens (tertiary/aromatic N) is 1. The van der Waals surface area contributed by atoms with E-state index in [1.165, 1.54) is 6.07 Å². The highest BCUT2D eigenvalue weighted by molar-refractivity contribution is 6.36. The lowest BCUT2D eigenvalue weighted by Crippen LogP contribution is -2.37. The highest BCUT2D eigenvalue weighted by atomic mass is 35.5. The first kappa shape index (κ1) is 20.8. The number of para-hydroxylation sites is 1. The minimum Gasteiger partial charge on any atom is -0.350 e. The highest BCUT2D eigenvalue weighted by Crippen LogP contribution is 2.25. The molecule has 0 bridgehead atoms. The molecule has 1 heterocycles. The fourth-order valence-electron chi connectivity index (χ4n) is 2.78. The molecule has 4 N–H and O–H groups in total. The van der Waals surface area contributed by atoms with Crippen molar-refractivity contribution >= 4 is 52.5 Å². The Hall–Kier alpha value is -2.97.